The molecule has 0 unspecified atom stereocenters. The van der Waals surface area contributed by atoms with E-state index < -0.39 is 0 Å². The first kappa shape index (κ1) is 12.2. The van der Waals surface area contributed by atoms with Crippen LogP contribution in [0.5, 0.6) is 0 Å². The third-order valence-corrected chi connectivity index (χ3v) is 3.28. The normalized spacial score (nSPS) is 15.2. The summed E-state index contributed by atoms with van der Waals surface area (Å²) in [5.41, 5.74) is 0.550. The van der Waals surface area contributed by atoms with Crippen molar-refractivity contribution >= 4 is 23.3 Å². The maximum Gasteiger partial charge on any atom is 0.251 e. The Labute approximate surface area is 106 Å². The number of anilines is 1. The Bertz CT molecular complexity index is 418. The van der Waals surface area contributed by atoms with Gasteiger partial charge >= 0.3 is 0 Å². The van der Waals surface area contributed by atoms with Gasteiger partial charge in [0, 0.05) is 19.2 Å². The van der Waals surface area contributed by atoms with E-state index in [1.54, 1.807) is 19.2 Å². The SMILES string of the molecule is CNc1cc(C(=O)NCC2CCC2)cc(Cl)n1. The zero-order valence-corrected chi connectivity index (χ0v) is 10.5. The van der Waals surface area contributed by atoms with Crippen LogP contribution in [0.25, 0.3) is 0 Å². The van der Waals surface area contributed by atoms with E-state index in [0.29, 0.717) is 22.5 Å². The Kier molecular flexibility index (Phi) is 3.84. The van der Waals surface area contributed by atoms with Crippen LogP contribution < -0.4 is 10.6 Å². The number of halogens is 1. The highest BCUT2D eigenvalue weighted by Gasteiger charge is 2.18. The molecule has 1 aliphatic rings. The Morgan fingerprint density at radius 1 is 1.53 bits per heavy atom. The van der Waals surface area contributed by atoms with Gasteiger partial charge in [0.15, 0.2) is 0 Å². The molecular weight excluding hydrogens is 238 g/mol. The molecular formula is C12H16ClN3O. The molecule has 0 saturated heterocycles. The summed E-state index contributed by atoms with van der Waals surface area (Å²) in [6.45, 7) is 0.758. The van der Waals surface area contributed by atoms with Crippen LogP contribution in [0.2, 0.25) is 5.15 Å². The van der Waals surface area contributed by atoms with Crippen LogP contribution in [0.1, 0.15) is 29.6 Å². The maximum atomic E-state index is 11.9. The monoisotopic (exact) mass is 253 g/mol. The minimum atomic E-state index is -0.0855. The number of carbonyl (C=O) groups is 1. The molecule has 92 valence electrons. The van der Waals surface area contributed by atoms with Crippen molar-refractivity contribution in [2.45, 2.75) is 19.3 Å². The fourth-order valence-electron chi connectivity index (χ4n) is 1.79. The lowest BCUT2D eigenvalue weighted by Gasteiger charge is -2.25. The zero-order valence-electron chi connectivity index (χ0n) is 9.79. The van der Waals surface area contributed by atoms with E-state index in [-0.39, 0.29) is 5.91 Å². The number of pyridine rings is 1. The molecule has 0 bridgehead atoms. The van der Waals surface area contributed by atoms with Crippen LogP contribution in [0.4, 0.5) is 5.82 Å². The molecule has 0 spiro atoms. The number of aromatic nitrogens is 1. The van der Waals surface area contributed by atoms with Gasteiger partial charge in [-0.2, -0.15) is 0 Å². The topological polar surface area (TPSA) is 54.0 Å². The van der Waals surface area contributed by atoms with E-state index in [0.717, 1.165) is 6.54 Å². The molecule has 1 aliphatic carbocycles. The molecule has 5 heteroatoms. The van der Waals surface area contributed by atoms with Crippen LogP contribution in [0.15, 0.2) is 12.1 Å². The second kappa shape index (κ2) is 5.36. The Morgan fingerprint density at radius 2 is 2.29 bits per heavy atom. The molecule has 2 rings (SSSR count). The third-order valence-electron chi connectivity index (χ3n) is 3.09. The summed E-state index contributed by atoms with van der Waals surface area (Å²) in [6.07, 6.45) is 3.73. The van der Waals surface area contributed by atoms with Gasteiger partial charge in [0.1, 0.15) is 11.0 Å². The second-order valence-electron chi connectivity index (χ2n) is 4.32. The second-order valence-corrected chi connectivity index (χ2v) is 4.71. The summed E-state index contributed by atoms with van der Waals surface area (Å²) in [5.74, 6) is 1.17. The number of amides is 1. The van der Waals surface area contributed by atoms with Gasteiger partial charge in [-0.3, -0.25) is 4.79 Å². The van der Waals surface area contributed by atoms with Gasteiger partial charge in [-0.05, 0) is 30.9 Å². The standard InChI is InChI=1S/C12H16ClN3O/c1-14-11-6-9(5-10(13)16-11)12(17)15-7-8-3-2-4-8/h5-6,8H,2-4,7H2,1H3,(H,14,16)(H,15,17). The molecule has 17 heavy (non-hydrogen) atoms. The van der Waals surface area contributed by atoms with E-state index in [9.17, 15) is 4.79 Å². The van der Waals surface area contributed by atoms with Crippen molar-refractivity contribution in [1.82, 2.24) is 10.3 Å². The Hall–Kier alpha value is -1.29. The molecule has 0 aliphatic heterocycles. The Balaban J connectivity index is 1.99. The summed E-state index contributed by atoms with van der Waals surface area (Å²) >= 11 is 5.84. The number of nitrogens with zero attached hydrogens (tertiary/aromatic N) is 1. The van der Waals surface area contributed by atoms with Crippen LogP contribution in [0, 0.1) is 5.92 Å². The van der Waals surface area contributed by atoms with Gasteiger partial charge in [-0.15, -0.1) is 0 Å². The highest BCUT2D eigenvalue weighted by molar-refractivity contribution is 6.29. The molecule has 1 amide bonds. The zero-order chi connectivity index (χ0) is 12.3. The number of nitrogens with one attached hydrogen (secondary N) is 2. The molecule has 0 aromatic carbocycles. The first-order valence-corrected chi connectivity index (χ1v) is 6.20. The van der Waals surface area contributed by atoms with Crippen molar-refractivity contribution < 1.29 is 4.79 Å². The van der Waals surface area contributed by atoms with Crippen molar-refractivity contribution in [3.05, 3.63) is 22.8 Å². The molecule has 1 aromatic rings. The fraction of sp³-hybridized carbons (Fsp3) is 0.500. The summed E-state index contributed by atoms with van der Waals surface area (Å²) in [6, 6.07) is 3.28. The van der Waals surface area contributed by atoms with E-state index in [1.807, 2.05) is 0 Å². The summed E-state index contributed by atoms with van der Waals surface area (Å²) in [7, 11) is 1.74. The predicted octanol–water partition coefficient (Wildman–Crippen LogP) is 2.31. The van der Waals surface area contributed by atoms with Crippen molar-refractivity contribution in [1.29, 1.82) is 0 Å². The number of hydrogen-bond acceptors (Lipinski definition) is 3. The average Bonchev–Trinajstić information content (AvgIpc) is 2.25. The van der Waals surface area contributed by atoms with Crippen LogP contribution in [-0.2, 0) is 0 Å². The van der Waals surface area contributed by atoms with Gasteiger partial charge in [0.05, 0.1) is 0 Å². The highest BCUT2D eigenvalue weighted by Crippen LogP contribution is 2.25. The average molecular weight is 254 g/mol. The summed E-state index contributed by atoms with van der Waals surface area (Å²) in [5, 5.41) is 6.13. The van der Waals surface area contributed by atoms with Gasteiger partial charge in [-0.25, -0.2) is 4.98 Å². The molecule has 1 fully saturated rings. The lowest BCUT2D eigenvalue weighted by molar-refractivity contribution is 0.0939. The maximum absolute atomic E-state index is 11.9. The molecule has 1 heterocycles. The predicted molar refractivity (Wildman–Crippen MR) is 68.5 cm³/mol. The van der Waals surface area contributed by atoms with E-state index in [1.165, 1.54) is 19.3 Å². The van der Waals surface area contributed by atoms with E-state index in [2.05, 4.69) is 15.6 Å². The van der Waals surface area contributed by atoms with Crippen molar-refractivity contribution in [2.24, 2.45) is 5.92 Å². The van der Waals surface area contributed by atoms with Gasteiger partial charge in [0.2, 0.25) is 0 Å². The van der Waals surface area contributed by atoms with Crippen molar-refractivity contribution in [3.8, 4) is 0 Å². The van der Waals surface area contributed by atoms with Gasteiger partial charge in [-0.1, -0.05) is 18.0 Å². The van der Waals surface area contributed by atoms with Crippen LogP contribution >= 0.6 is 11.6 Å². The number of carbonyl (C=O) groups excluding carboxylic acids is 1. The third kappa shape index (κ3) is 3.09. The largest absolute Gasteiger partial charge is 0.373 e. The summed E-state index contributed by atoms with van der Waals surface area (Å²) < 4.78 is 0. The highest BCUT2D eigenvalue weighted by atomic mass is 35.5. The minimum Gasteiger partial charge on any atom is -0.373 e. The smallest absolute Gasteiger partial charge is 0.251 e. The molecule has 1 aromatic heterocycles. The molecule has 1 saturated carbocycles. The van der Waals surface area contributed by atoms with Crippen LogP contribution in [0.3, 0.4) is 0 Å². The Morgan fingerprint density at radius 3 is 2.88 bits per heavy atom. The van der Waals surface area contributed by atoms with E-state index in [4.69, 9.17) is 11.6 Å². The number of hydrogen-bond donors (Lipinski definition) is 2. The molecule has 2 N–H and O–H groups in total. The van der Waals surface area contributed by atoms with Gasteiger partial charge in [0.25, 0.3) is 5.91 Å². The fourth-order valence-corrected chi connectivity index (χ4v) is 2.00. The lowest BCUT2D eigenvalue weighted by Crippen LogP contribution is -2.32. The molecule has 0 atom stereocenters. The van der Waals surface area contributed by atoms with Gasteiger partial charge < -0.3 is 10.6 Å². The van der Waals surface area contributed by atoms with E-state index >= 15 is 0 Å². The first-order chi connectivity index (χ1) is 8.19. The summed E-state index contributed by atoms with van der Waals surface area (Å²) in [4.78, 5) is 15.9. The lowest BCUT2D eigenvalue weighted by atomic mass is 9.85. The first-order valence-electron chi connectivity index (χ1n) is 5.82. The molecule has 0 radical (unpaired) electrons. The molecule has 4 nitrogen and oxygen atoms in total. The van der Waals surface area contributed by atoms with Crippen LogP contribution in [-0.4, -0.2) is 24.5 Å². The van der Waals surface area contributed by atoms with Crippen molar-refractivity contribution in [3.63, 3.8) is 0 Å². The minimum absolute atomic E-state index is 0.0855. The van der Waals surface area contributed by atoms with Crippen molar-refractivity contribution in [2.75, 3.05) is 18.9 Å². The number of rotatable bonds is 4. The quantitative estimate of drug-likeness (QED) is 0.810.